The summed E-state index contributed by atoms with van der Waals surface area (Å²) in [5.41, 5.74) is 5.54. The van der Waals surface area contributed by atoms with Crippen LogP contribution in [0, 0.1) is 16.0 Å². The van der Waals surface area contributed by atoms with Crippen LogP contribution in [0.5, 0.6) is 11.5 Å². The predicted octanol–water partition coefficient (Wildman–Crippen LogP) is 2.50. The quantitative estimate of drug-likeness (QED) is 0.612. The van der Waals surface area contributed by atoms with Crippen LogP contribution in [0.15, 0.2) is 18.2 Å². The first-order chi connectivity index (χ1) is 9.63. The molecule has 1 saturated carbocycles. The van der Waals surface area contributed by atoms with Crippen LogP contribution in [-0.2, 0) is 0 Å². The van der Waals surface area contributed by atoms with E-state index in [2.05, 4.69) is 0 Å². The van der Waals surface area contributed by atoms with E-state index in [9.17, 15) is 10.1 Å². The average Bonchev–Trinajstić information content (AvgIpc) is 2.39. The molecule has 0 aromatic heterocycles. The Hall–Kier alpha value is -1.82. The average molecular weight is 280 g/mol. The van der Waals surface area contributed by atoms with Crippen LogP contribution in [0.1, 0.15) is 26.2 Å². The molecule has 20 heavy (non-hydrogen) atoms. The fourth-order valence-corrected chi connectivity index (χ4v) is 2.20. The van der Waals surface area contributed by atoms with E-state index in [0.717, 1.165) is 19.3 Å². The van der Waals surface area contributed by atoms with E-state index in [4.69, 9.17) is 15.2 Å². The SMILES string of the molecule is CCCOc1cc(OC2CC(CN)C2)ccc1[N+](=O)[O-]. The van der Waals surface area contributed by atoms with Gasteiger partial charge in [-0.2, -0.15) is 0 Å². The molecule has 2 rings (SSSR count). The molecule has 2 N–H and O–H groups in total. The van der Waals surface area contributed by atoms with Crippen molar-refractivity contribution in [1.29, 1.82) is 0 Å². The molecule has 0 spiro atoms. The van der Waals surface area contributed by atoms with Crippen molar-refractivity contribution in [3.8, 4) is 11.5 Å². The Balaban J connectivity index is 2.04. The molecule has 0 aliphatic heterocycles. The van der Waals surface area contributed by atoms with Crippen molar-refractivity contribution in [3.63, 3.8) is 0 Å². The zero-order chi connectivity index (χ0) is 14.5. The summed E-state index contributed by atoms with van der Waals surface area (Å²) in [6, 6.07) is 4.65. The van der Waals surface area contributed by atoms with E-state index in [1.165, 1.54) is 6.07 Å². The standard InChI is InChI=1S/C14H20N2O4/c1-2-5-19-14-8-11(3-4-13(14)16(17)18)20-12-6-10(7-12)9-15/h3-4,8,10,12H,2,5-7,9,15H2,1H3. The molecule has 0 amide bonds. The van der Waals surface area contributed by atoms with E-state index in [1.807, 2.05) is 6.92 Å². The van der Waals surface area contributed by atoms with E-state index in [-0.39, 0.29) is 17.5 Å². The zero-order valence-corrected chi connectivity index (χ0v) is 11.6. The highest BCUT2D eigenvalue weighted by Gasteiger charge is 2.30. The van der Waals surface area contributed by atoms with Crippen molar-refractivity contribution in [2.45, 2.75) is 32.3 Å². The normalized spacial score (nSPS) is 21.1. The van der Waals surface area contributed by atoms with Crippen LogP contribution < -0.4 is 15.2 Å². The lowest BCUT2D eigenvalue weighted by molar-refractivity contribution is -0.385. The maximum Gasteiger partial charge on any atom is 0.311 e. The summed E-state index contributed by atoms with van der Waals surface area (Å²) in [5, 5.41) is 10.9. The van der Waals surface area contributed by atoms with Crippen LogP contribution >= 0.6 is 0 Å². The van der Waals surface area contributed by atoms with Gasteiger partial charge in [0.1, 0.15) is 5.75 Å². The van der Waals surface area contributed by atoms with E-state index >= 15 is 0 Å². The molecule has 0 unspecified atom stereocenters. The van der Waals surface area contributed by atoms with Crippen LogP contribution in [0.2, 0.25) is 0 Å². The monoisotopic (exact) mass is 280 g/mol. The molecule has 6 nitrogen and oxygen atoms in total. The third kappa shape index (κ3) is 3.39. The number of hydrogen-bond acceptors (Lipinski definition) is 5. The third-order valence-corrected chi connectivity index (χ3v) is 3.42. The summed E-state index contributed by atoms with van der Waals surface area (Å²) in [7, 11) is 0. The Morgan fingerprint density at radius 3 is 2.80 bits per heavy atom. The topological polar surface area (TPSA) is 87.6 Å². The Bertz CT molecular complexity index is 472. The Labute approximate surface area is 118 Å². The Kier molecular flexibility index (Phi) is 4.79. The number of nitrogens with zero attached hydrogens (tertiary/aromatic N) is 1. The maximum absolute atomic E-state index is 10.9. The van der Waals surface area contributed by atoms with Crippen molar-refractivity contribution in [2.24, 2.45) is 11.7 Å². The van der Waals surface area contributed by atoms with Gasteiger partial charge in [-0.25, -0.2) is 0 Å². The molecule has 1 aromatic carbocycles. The first-order valence-corrected chi connectivity index (χ1v) is 6.92. The minimum atomic E-state index is -0.442. The first-order valence-electron chi connectivity index (χ1n) is 6.92. The molecule has 6 heteroatoms. The summed E-state index contributed by atoms with van der Waals surface area (Å²) >= 11 is 0. The van der Waals surface area contributed by atoms with Gasteiger partial charge in [-0.15, -0.1) is 0 Å². The van der Waals surface area contributed by atoms with E-state index < -0.39 is 4.92 Å². The van der Waals surface area contributed by atoms with Crippen LogP contribution in [0.4, 0.5) is 5.69 Å². The molecule has 0 atom stereocenters. The van der Waals surface area contributed by atoms with Crippen molar-refractivity contribution in [2.75, 3.05) is 13.2 Å². The number of nitro groups is 1. The van der Waals surface area contributed by atoms with Crippen LogP contribution in [0.3, 0.4) is 0 Å². The minimum Gasteiger partial charge on any atom is -0.490 e. The summed E-state index contributed by atoms with van der Waals surface area (Å²) in [4.78, 5) is 10.5. The van der Waals surface area contributed by atoms with Gasteiger partial charge in [0, 0.05) is 12.1 Å². The Morgan fingerprint density at radius 1 is 1.45 bits per heavy atom. The van der Waals surface area contributed by atoms with E-state index in [1.54, 1.807) is 12.1 Å². The van der Waals surface area contributed by atoms with Crippen molar-refractivity contribution >= 4 is 5.69 Å². The number of benzene rings is 1. The molecular formula is C14H20N2O4. The lowest BCUT2D eigenvalue weighted by atomic mass is 9.82. The number of nitrogens with two attached hydrogens (primary N) is 1. The number of nitro benzene ring substituents is 1. The van der Waals surface area contributed by atoms with Gasteiger partial charge in [0.25, 0.3) is 0 Å². The lowest BCUT2D eigenvalue weighted by Crippen LogP contribution is -2.37. The molecule has 0 heterocycles. The second kappa shape index (κ2) is 6.56. The smallest absolute Gasteiger partial charge is 0.311 e. The fraction of sp³-hybridized carbons (Fsp3) is 0.571. The molecular weight excluding hydrogens is 260 g/mol. The van der Waals surface area contributed by atoms with Gasteiger partial charge in [-0.05, 0) is 37.8 Å². The number of rotatable bonds is 7. The first kappa shape index (κ1) is 14.6. The van der Waals surface area contributed by atoms with Gasteiger partial charge in [-0.1, -0.05) is 6.92 Å². The largest absolute Gasteiger partial charge is 0.490 e. The third-order valence-electron chi connectivity index (χ3n) is 3.42. The second-order valence-electron chi connectivity index (χ2n) is 5.05. The molecule has 1 aliphatic rings. The van der Waals surface area contributed by atoms with Gasteiger partial charge >= 0.3 is 5.69 Å². The zero-order valence-electron chi connectivity index (χ0n) is 11.6. The Morgan fingerprint density at radius 2 is 2.20 bits per heavy atom. The van der Waals surface area contributed by atoms with Gasteiger partial charge in [-0.3, -0.25) is 10.1 Å². The molecule has 110 valence electrons. The molecule has 0 saturated heterocycles. The fourth-order valence-electron chi connectivity index (χ4n) is 2.20. The molecule has 0 bridgehead atoms. The summed E-state index contributed by atoms with van der Waals surface area (Å²) in [6.45, 7) is 3.08. The lowest BCUT2D eigenvalue weighted by Gasteiger charge is -2.34. The van der Waals surface area contributed by atoms with Crippen molar-refractivity contribution in [3.05, 3.63) is 28.3 Å². The highest BCUT2D eigenvalue weighted by Crippen LogP contribution is 2.35. The molecule has 1 fully saturated rings. The molecule has 1 aliphatic carbocycles. The van der Waals surface area contributed by atoms with Crippen molar-refractivity contribution in [1.82, 2.24) is 0 Å². The minimum absolute atomic E-state index is 0.0285. The maximum atomic E-state index is 10.9. The molecule has 0 radical (unpaired) electrons. The number of hydrogen-bond donors (Lipinski definition) is 1. The van der Waals surface area contributed by atoms with Crippen LogP contribution in [0.25, 0.3) is 0 Å². The van der Waals surface area contributed by atoms with Crippen molar-refractivity contribution < 1.29 is 14.4 Å². The summed E-state index contributed by atoms with van der Waals surface area (Å²) < 4.78 is 11.2. The second-order valence-corrected chi connectivity index (χ2v) is 5.05. The van der Waals surface area contributed by atoms with Gasteiger partial charge < -0.3 is 15.2 Å². The van der Waals surface area contributed by atoms with Gasteiger partial charge in [0.15, 0.2) is 0 Å². The highest BCUT2D eigenvalue weighted by molar-refractivity contribution is 5.50. The predicted molar refractivity (Wildman–Crippen MR) is 75.1 cm³/mol. The van der Waals surface area contributed by atoms with Gasteiger partial charge in [0.2, 0.25) is 5.75 Å². The summed E-state index contributed by atoms with van der Waals surface area (Å²) in [5.74, 6) is 1.42. The molecule has 1 aromatic rings. The highest BCUT2D eigenvalue weighted by atomic mass is 16.6. The summed E-state index contributed by atoms with van der Waals surface area (Å²) in [6.07, 6.45) is 2.84. The number of ether oxygens (including phenoxy) is 2. The van der Waals surface area contributed by atoms with E-state index in [0.29, 0.717) is 24.8 Å². The van der Waals surface area contributed by atoms with Crippen LogP contribution in [-0.4, -0.2) is 24.2 Å². The van der Waals surface area contributed by atoms with Gasteiger partial charge in [0.05, 0.1) is 17.6 Å².